The Morgan fingerprint density at radius 2 is 1.94 bits per heavy atom. The summed E-state index contributed by atoms with van der Waals surface area (Å²) in [6.07, 6.45) is -0.232. The molecule has 0 aliphatic rings. The summed E-state index contributed by atoms with van der Waals surface area (Å²) in [4.78, 5) is 11.4. The maximum atomic E-state index is 11.4. The molecule has 0 heterocycles. The van der Waals surface area contributed by atoms with Crippen molar-refractivity contribution in [3.05, 3.63) is 30.3 Å². The highest BCUT2D eigenvalue weighted by molar-refractivity contribution is 7.73. The Bertz CT molecular complexity index is 408. The zero-order valence-corrected chi connectivity index (χ0v) is 9.39. The lowest BCUT2D eigenvalue weighted by Crippen LogP contribution is -2.23. The molecule has 1 aromatic rings. The highest BCUT2D eigenvalue weighted by Gasteiger charge is 2.15. The van der Waals surface area contributed by atoms with Gasteiger partial charge >= 0.3 is 0 Å². The number of benzene rings is 1. The van der Waals surface area contributed by atoms with E-state index in [2.05, 4.69) is 5.32 Å². The first-order valence-electron chi connectivity index (χ1n) is 4.72. The van der Waals surface area contributed by atoms with Crippen LogP contribution in [0.3, 0.4) is 0 Å². The predicted octanol–water partition coefficient (Wildman–Crippen LogP) is -0.0125. The number of rotatable bonds is 5. The second kappa shape index (κ2) is 6.24. The maximum Gasteiger partial charge on any atom is 0.225 e. The van der Waals surface area contributed by atoms with Gasteiger partial charge in [0.2, 0.25) is 5.91 Å². The molecule has 1 aromatic carbocycles. The van der Waals surface area contributed by atoms with Crippen LogP contribution in [-0.4, -0.2) is 31.3 Å². The topological polar surface area (TPSA) is 83.5 Å². The van der Waals surface area contributed by atoms with Gasteiger partial charge in [0.25, 0.3) is 0 Å². The third-order valence-corrected chi connectivity index (χ3v) is 2.93. The molecular formula is C10H13NO4S. The van der Waals surface area contributed by atoms with Gasteiger partial charge < -0.3 is 10.4 Å². The Hall–Kier alpha value is -1.40. The van der Waals surface area contributed by atoms with Crippen molar-refractivity contribution in [3.8, 4) is 0 Å². The van der Waals surface area contributed by atoms with Crippen molar-refractivity contribution in [2.45, 2.75) is 11.7 Å². The molecule has 16 heavy (non-hydrogen) atoms. The van der Waals surface area contributed by atoms with Crippen LogP contribution in [0.4, 0.5) is 5.69 Å². The van der Waals surface area contributed by atoms with Crippen LogP contribution in [0, 0.1) is 0 Å². The van der Waals surface area contributed by atoms with E-state index in [-0.39, 0.29) is 6.42 Å². The summed E-state index contributed by atoms with van der Waals surface area (Å²) in [5, 5.41) is 10.3. The van der Waals surface area contributed by atoms with Crippen molar-refractivity contribution in [3.63, 3.8) is 0 Å². The monoisotopic (exact) mass is 243 g/mol. The first kappa shape index (κ1) is 12.7. The molecule has 1 unspecified atom stereocenters. The number of anilines is 1. The molecule has 0 spiro atoms. The van der Waals surface area contributed by atoms with Gasteiger partial charge in [-0.05, 0) is 12.1 Å². The Kier molecular flexibility index (Phi) is 4.94. The van der Waals surface area contributed by atoms with E-state index in [1.165, 1.54) is 0 Å². The molecule has 1 atom stereocenters. The van der Waals surface area contributed by atoms with Gasteiger partial charge in [-0.25, -0.2) is 8.42 Å². The third-order valence-electron chi connectivity index (χ3n) is 1.99. The number of carbonyl (C=O) groups is 1. The zero-order chi connectivity index (χ0) is 12.0. The first-order chi connectivity index (χ1) is 7.63. The average molecular weight is 243 g/mol. The largest absolute Gasteiger partial charge is 0.395 e. The van der Waals surface area contributed by atoms with Crippen LogP contribution >= 0.6 is 0 Å². The Morgan fingerprint density at radius 3 is 2.44 bits per heavy atom. The van der Waals surface area contributed by atoms with Gasteiger partial charge in [-0.3, -0.25) is 4.79 Å². The van der Waals surface area contributed by atoms with E-state index in [0.29, 0.717) is 5.69 Å². The number of aliphatic hydroxyl groups excluding tert-OH is 1. The number of aliphatic hydroxyl groups is 1. The number of amides is 1. The average Bonchev–Trinajstić information content (AvgIpc) is 2.27. The van der Waals surface area contributed by atoms with Gasteiger partial charge in [-0.15, -0.1) is 0 Å². The molecular weight excluding hydrogens is 230 g/mol. The molecule has 1 amide bonds. The van der Waals surface area contributed by atoms with Crippen LogP contribution in [0.2, 0.25) is 0 Å². The maximum absolute atomic E-state index is 11.4. The fourth-order valence-electron chi connectivity index (χ4n) is 1.15. The standard InChI is InChI=1S/C10H13NO4S/c12-7-9(16(14)15)6-10(13)11-8-4-2-1-3-5-8/h1-5,9,12,16H,6-7H2,(H,11,13). The second-order valence-corrected chi connectivity index (χ2v) is 4.54. The van der Waals surface area contributed by atoms with Crippen LogP contribution in [0.25, 0.3) is 0 Å². The summed E-state index contributed by atoms with van der Waals surface area (Å²) in [6.45, 7) is -0.541. The number of carbonyl (C=O) groups excluding carboxylic acids is 1. The summed E-state index contributed by atoms with van der Waals surface area (Å²) in [5.74, 6) is -0.426. The lowest BCUT2D eigenvalue weighted by Gasteiger charge is -2.07. The fourth-order valence-corrected chi connectivity index (χ4v) is 1.60. The normalized spacial score (nSPS) is 12.4. The number of hydrogen-bond donors (Lipinski definition) is 3. The van der Waals surface area contributed by atoms with Crippen LogP contribution in [0.1, 0.15) is 6.42 Å². The summed E-state index contributed by atoms with van der Waals surface area (Å²) in [6, 6.07) is 8.72. The van der Waals surface area contributed by atoms with Crippen molar-refractivity contribution in [1.29, 1.82) is 0 Å². The van der Waals surface area contributed by atoms with Gasteiger partial charge in [0, 0.05) is 12.1 Å². The molecule has 0 aliphatic carbocycles. The number of para-hydroxylation sites is 1. The molecule has 0 fully saturated rings. The van der Waals surface area contributed by atoms with Gasteiger partial charge in [0.1, 0.15) is 10.7 Å². The van der Waals surface area contributed by atoms with E-state index in [1.807, 2.05) is 0 Å². The van der Waals surface area contributed by atoms with Crippen molar-refractivity contribution in [2.75, 3.05) is 11.9 Å². The lowest BCUT2D eigenvalue weighted by atomic mass is 10.2. The number of hydrogen-bond acceptors (Lipinski definition) is 4. The van der Waals surface area contributed by atoms with E-state index in [4.69, 9.17) is 5.11 Å². The molecule has 0 aliphatic heterocycles. The van der Waals surface area contributed by atoms with Gasteiger partial charge in [0.15, 0.2) is 0 Å². The molecule has 1 rings (SSSR count). The van der Waals surface area contributed by atoms with E-state index >= 15 is 0 Å². The van der Waals surface area contributed by atoms with Crippen LogP contribution < -0.4 is 5.32 Å². The van der Waals surface area contributed by atoms with E-state index in [1.54, 1.807) is 30.3 Å². The van der Waals surface area contributed by atoms with E-state index < -0.39 is 28.5 Å². The molecule has 88 valence electrons. The molecule has 5 nitrogen and oxygen atoms in total. The van der Waals surface area contributed by atoms with Crippen molar-refractivity contribution in [2.24, 2.45) is 0 Å². The highest BCUT2D eigenvalue weighted by Crippen LogP contribution is 2.06. The van der Waals surface area contributed by atoms with Crippen molar-refractivity contribution in [1.82, 2.24) is 0 Å². The number of nitrogens with one attached hydrogen (secondary N) is 1. The summed E-state index contributed by atoms with van der Waals surface area (Å²) in [7, 11) is -2.78. The third kappa shape index (κ3) is 4.00. The van der Waals surface area contributed by atoms with Crippen molar-refractivity contribution < 1.29 is 18.3 Å². The molecule has 2 N–H and O–H groups in total. The molecule has 0 saturated carbocycles. The molecule has 0 bridgehead atoms. The molecule has 0 radical (unpaired) electrons. The molecule has 6 heteroatoms. The Labute approximate surface area is 95.1 Å². The van der Waals surface area contributed by atoms with Crippen LogP contribution in [0.5, 0.6) is 0 Å². The summed E-state index contributed by atoms with van der Waals surface area (Å²) in [5.41, 5.74) is 0.602. The fraction of sp³-hybridized carbons (Fsp3) is 0.300. The highest BCUT2D eigenvalue weighted by atomic mass is 32.2. The smallest absolute Gasteiger partial charge is 0.225 e. The zero-order valence-electron chi connectivity index (χ0n) is 8.50. The Balaban J connectivity index is 2.54. The Morgan fingerprint density at radius 1 is 1.31 bits per heavy atom. The summed E-state index contributed by atoms with van der Waals surface area (Å²) < 4.78 is 21.2. The lowest BCUT2D eigenvalue weighted by molar-refractivity contribution is -0.116. The number of thiol groups is 1. The van der Waals surface area contributed by atoms with Gasteiger partial charge in [-0.2, -0.15) is 0 Å². The van der Waals surface area contributed by atoms with E-state index in [0.717, 1.165) is 0 Å². The quantitative estimate of drug-likeness (QED) is 0.635. The predicted molar refractivity (Wildman–Crippen MR) is 60.9 cm³/mol. The van der Waals surface area contributed by atoms with Crippen LogP contribution in [0.15, 0.2) is 30.3 Å². The van der Waals surface area contributed by atoms with E-state index in [9.17, 15) is 13.2 Å². The molecule has 0 saturated heterocycles. The molecule has 0 aromatic heterocycles. The SMILES string of the molecule is O=C(CC(CO)[SH](=O)=O)Nc1ccccc1. The summed E-state index contributed by atoms with van der Waals surface area (Å²) >= 11 is 0. The van der Waals surface area contributed by atoms with Gasteiger partial charge in [-0.1, -0.05) is 18.2 Å². The van der Waals surface area contributed by atoms with Crippen molar-refractivity contribution >= 4 is 22.3 Å². The second-order valence-electron chi connectivity index (χ2n) is 3.24. The minimum absolute atomic E-state index is 0.232. The first-order valence-corrected chi connectivity index (χ1v) is 5.97. The minimum Gasteiger partial charge on any atom is -0.395 e. The van der Waals surface area contributed by atoms with Crippen LogP contribution in [-0.2, 0) is 15.5 Å². The van der Waals surface area contributed by atoms with Gasteiger partial charge in [0.05, 0.1) is 11.9 Å². The minimum atomic E-state index is -2.78.